The van der Waals surface area contributed by atoms with Crippen LogP contribution in [0.5, 0.6) is 11.5 Å². The summed E-state index contributed by atoms with van der Waals surface area (Å²) in [5.41, 5.74) is 1.06. The van der Waals surface area contributed by atoms with Crippen LogP contribution in [0.25, 0.3) is 0 Å². The molecule has 1 aromatic rings. The molecule has 0 aromatic heterocycles. The number of rotatable bonds is 5. The summed E-state index contributed by atoms with van der Waals surface area (Å²) >= 11 is 0. The van der Waals surface area contributed by atoms with Gasteiger partial charge in [0.05, 0.1) is 19.8 Å². The van der Waals surface area contributed by atoms with E-state index < -0.39 is 0 Å². The highest BCUT2D eigenvalue weighted by Crippen LogP contribution is 2.37. The number of likely N-dealkylation sites (tertiary alicyclic amines) is 1. The maximum atomic E-state index is 12.4. The van der Waals surface area contributed by atoms with Crippen LogP contribution in [0.1, 0.15) is 58.1 Å². The predicted molar refractivity (Wildman–Crippen MR) is 98.1 cm³/mol. The van der Waals surface area contributed by atoms with E-state index in [1.54, 1.807) is 0 Å². The van der Waals surface area contributed by atoms with Crippen LogP contribution in [-0.4, -0.2) is 42.6 Å². The van der Waals surface area contributed by atoms with Crippen LogP contribution >= 0.6 is 0 Å². The average molecular weight is 346 g/mol. The third kappa shape index (κ3) is 4.46. The topological polar surface area (TPSA) is 50.8 Å². The van der Waals surface area contributed by atoms with Gasteiger partial charge in [-0.15, -0.1) is 0 Å². The Morgan fingerprint density at radius 2 is 2.00 bits per heavy atom. The van der Waals surface area contributed by atoms with Crippen LogP contribution in [0.15, 0.2) is 18.2 Å². The maximum absolute atomic E-state index is 12.4. The van der Waals surface area contributed by atoms with E-state index in [2.05, 4.69) is 43.1 Å². The smallest absolute Gasteiger partial charge is 0.234 e. The third-order valence-electron chi connectivity index (χ3n) is 5.23. The highest BCUT2D eigenvalue weighted by Gasteiger charge is 2.29. The number of amides is 1. The van der Waals surface area contributed by atoms with Crippen LogP contribution in [0.2, 0.25) is 0 Å². The fraction of sp³-hybridized carbons (Fsp3) is 0.650. The van der Waals surface area contributed by atoms with Crippen molar-refractivity contribution in [3.8, 4) is 11.5 Å². The Morgan fingerprint density at radius 1 is 1.24 bits per heavy atom. The molecule has 0 saturated carbocycles. The zero-order valence-corrected chi connectivity index (χ0v) is 15.6. The lowest BCUT2D eigenvalue weighted by molar-refractivity contribution is -0.124. The molecule has 2 aliphatic rings. The van der Waals surface area contributed by atoms with Gasteiger partial charge in [0.1, 0.15) is 0 Å². The monoisotopic (exact) mass is 346 g/mol. The summed E-state index contributed by atoms with van der Waals surface area (Å²) in [5.74, 6) is 1.76. The molecule has 0 bridgehead atoms. The minimum atomic E-state index is -0.151. The number of fused-ring (bicyclic) bond motifs is 1. The molecule has 1 amide bonds. The van der Waals surface area contributed by atoms with Gasteiger partial charge in [0.15, 0.2) is 11.5 Å². The number of carbonyl (C=O) groups excluding carboxylic acids is 1. The summed E-state index contributed by atoms with van der Waals surface area (Å²) in [6, 6.07) is 6.49. The Bertz CT molecular complexity index is 615. The molecule has 0 aliphatic carbocycles. The number of nitrogens with one attached hydrogen (secondary N) is 1. The molecule has 0 radical (unpaired) electrons. The van der Waals surface area contributed by atoms with Gasteiger partial charge in [-0.2, -0.15) is 0 Å². The van der Waals surface area contributed by atoms with E-state index in [1.165, 1.54) is 5.56 Å². The molecule has 5 nitrogen and oxygen atoms in total. The molecule has 1 atom stereocenters. The molecule has 0 spiro atoms. The molecule has 5 heteroatoms. The van der Waals surface area contributed by atoms with Crippen molar-refractivity contribution in [3.05, 3.63) is 23.8 Å². The molecule has 2 aliphatic heterocycles. The molecule has 1 fully saturated rings. The first-order valence-corrected chi connectivity index (χ1v) is 9.43. The van der Waals surface area contributed by atoms with Crippen molar-refractivity contribution in [2.45, 2.75) is 58.0 Å². The average Bonchev–Trinajstić information content (AvgIpc) is 2.89. The Morgan fingerprint density at radius 3 is 2.76 bits per heavy atom. The van der Waals surface area contributed by atoms with Crippen LogP contribution in [0, 0.1) is 0 Å². The molecular formula is C20H30N2O3. The second-order valence-electron chi connectivity index (χ2n) is 7.67. The largest absolute Gasteiger partial charge is 0.490 e. The molecule has 1 saturated heterocycles. The van der Waals surface area contributed by atoms with Gasteiger partial charge >= 0.3 is 0 Å². The normalized spacial score (nSPS) is 21.0. The van der Waals surface area contributed by atoms with E-state index in [4.69, 9.17) is 9.47 Å². The highest BCUT2D eigenvalue weighted by atomic mass is 16.5. The standard InChI is InChI=1S/C20H30N2O3/c1-4-20(2,3)21-19(23)14-22-10-5-7-16(22)15-8-9-17-18(13-15)25-12-6-11-24-17/h8-9,13,16H,4-7,10-12,14H2,1-3H3,(H,21,23). The third-order valence-corrected chi connectivity index (χ3v) is 5.23. The minimum Gasteiger partial charge on any atom is -0.490 e. The van der Waals surface area contributed by atoms with E-state index in [0.29, 0.717) is 19.8 Å². The van der Waals surface area contributed by atoms with Crippen LogP contribution in [-0.2, 0) is 4.79 Å². The number of carbonyl (C=O) groups is 1. The van der Waals surface area contributed by atoms with Crippen molar-refractivity contribution in [2.75, 3.05) is 26.3 Å². The summed E-state index contributed by atoms with van der Waals surface area (Å²) in [4.78, 5) is 14.7. The molecule has 25 heavy (non-hydrogen) atoms. The quantitative estimate of drug-likeness (QED) is 0.889. The number of nitrogens with zero attached hydrogens (tertiary/aromatic N) is 1. The number of hydrogen-bond donors (Lipinski definition) is 1. The minimum absolute atomic E-state index is 0.105. The van der Waals surface area contributed by atoms with Gasteiger partial charge in [0.25, 0.3) is 0 Å². The SMILES string of the molecule is CCC(C)(C)NC(=O)CN1CCCC1c1ccc2c(c1)OCCCO2. The van der Waals surface area contributed by atoms with E-state index in [9.17, 15) is 4.79 Å². The van der Waals surface area contributed by atoms with Gasteiger partial charge in [0, 0.05) is 18.0 Å². The summed E-state index contributed by atoms with van der Waals surface area (Å²) in [6.07, 6.45) is 4.02. The van der Waals surface area contributed by atoms with Gasteiger partial charge < -0.3 is 14.8 Å². The van der Waals surface area contributed by atoms with Crippen molar-refractivity contribution < 1.29 is 14.3 Å². The first kappa shape index (κ1) is 18.1. The molecule has 138 valence electrons. The van der Waals surface area contributed by atoms with Gasteiger partial charge in [-0.05, 0) is 57.4 Å². The summed E-state index contributed by atoms with van der Waals surface area (Å²) in [7, 11) is 0. The molecule has 1 unspecified atom stereocenters. The number of hydrogen-bond acceptors (Lipinski definition) is 4. The van der Waals surface area contributed by atoms with E-state index >= 15 is 0 Å². The Kier molecular flexibility index (Phi) is 5.52. The van der Waals surface area contributed by atoms with Crippen molar-refractivity contribution >= 4 is 5.91 Å². The molecule has 2 heterocycles. The first-order chi connectivity index (χ1) is 12.0. The fourth-order valence-corrected chi connectivity index (χ4v) is 3.47. The molecule has 1 aromatic carbocycles. The number of ether oxygens (including phenoxy) is 2. The van der Waals surface area contributed by atoms with E-state index in [-0.39, 0.29) is 17.5 Å². The zero-order chi connectivity index (χ0) is 17.9. The lowest BCUT2D eigenvalue weighted by Crippen LogP contribution is -2.47. The highest BCUT2D eigenvalue weighted by molar-refractivity contribution is 5.78. The second kappa shape index (κ2) is 7.65. The van der Waals surface area contributed by atoms with Crippen LogP contribution < -0.4 is 14.8 Å². The molecular weight excluding hydrogens is 316 g/mol. The van der Waals surface area contributed by atoms with E-state index in [0.717, 1.165) is 43.7 Å². The van der Waals surface area contributed by atoms with Crippen molar-refractivity contribution in [3.63, 3.8) is 0 Å². The Labute approximate surface area is 150 Å². The Balaban J connectivity index is 1.69. The summed E-state index contributed by atoms with van der Waals surface area (Å²) < 4.78 is 11.5. The summed E-state index contributed by atoms with van der Waals surface area (Å²) in [5, 5.41) is 3.14. The predicted octanol–water partition coefficient (Wildman–Crippen LogP) is 3.29. The van der Waals surface area contributed by atoms with Gasteiger partial charge in [0.2, 0.25) is 5.91 Å². The zero-order valence-electron chi connectivity index (χ0n) is 15.6. The fourth-order valence-electron chi connectivity index (χ4n) is 3.47. The lowest BCUT2D eigenvalue weighted by atomic mass is 10.0. The van der Waals surface area contributed by atoms with Crippen molar-refractivity contribution in [2.24, 2.45) is 0 Å². The number of benzene rings is 1. The van der Waals surface area contributed by atoms with Gasteiger partial charge in [-0.3, -0.25) is 9.69 Å². The second-order valence-corrected chi connectivity index (χ2v) is 7.67. The van der Waals surface area contributed by atoms with Crippen molar-refractivity contribution in [1.82, 2.24) is 10.2 Å². The molecule has 3 rings (SSSR count). The first-order valence-electron chi connectivity index (χ1n) is 9.43. The Hall–Kier alpha value is -1.75. The van der Waals surface area contributed by atoms with Crippen LogP contribution in [0.3, 0.4) is 0 Å². The van der Waals surface area contributed by atoms with Gasteiger partial charge in [-0.1, -0.05) is 13.0 Å². The van der Waals surface area contributed by atoms with E-state index in [1.807, 2.05) is 6.07 Å². The summed E-state index contributed by atoms with van der Waals surface area (Å²) in [6.45, 7) is 9.03. The van der Waals surface area contributed by atoms with Crippen molar-refractivity contribution in [1.29, 1.82) is 0 Å². The van der Waals surface area contributed by atoms with Crippen LogP contribution in [0.4, 0.5) is 0 Å². The maximum Gasteiger partial charge on any atom is 0.234 e. The van der Waals surface area contributed by atoms with Gasteiger partial charge in [-0.25, -0.2) is 0 Å². The lowest BCUT2D eigenvalue weighted by Gasteiger charge is -2.29. The molecule has 1 N–H and O–H groups in total.